The fourth-order valence-electron chi connectivity index (χ4n) is 3.10. The van der Waals surface area contributed by atoms with E-state index < -0.39 is 0 Å². The molecule has 2 aromatic rings. The van der Waals surface area contributed by atoms with E-state index in [0.717, 1.165) is 23.6 Å². The second-order valence-electron chi connectivity index (χ2n) is 6.19. The van der Waals surface area contributed by atoms with Crippen molar-refractivity contribution in [1.82, 2.24) is 0 Å². The third-order valence-electron chi connectivity index (χ3n) is 4.20. The van der Waals surface area contributed by atoms with Crippen LogP contribution in [-0.2, 0) is 6.42 Å². The molecule has 1 aliphatic rings. The molecule has 3 rings (SSSR count). The Morgan fingerprint density at radius 2 is 2.00 bits per heavy atom. The molecule has 2 heteroatoms. The summed E-state index contributed by atoms with van der Waals surface area (Å²) in [5, 5.41) is 3.24. The average molecular weight is 293 g/mol. The van der Waals surface area contributed by atoms with E-state index >= 15 is 0 Å². The second-order valence-corrected chi connectivity index (χ2v) is 6.19. The van der Waals surface area contributed by atoms with Crippen LogP contribution >= 0.6 is 0 Å². The summed E-state index contributed by atoms with van der Waals surface area (Å²) in [5.41, 5.74) is 4.69. The van der Waals surface area contributed by atoms with Crippen LogP contribution in [0.1, 0.15) is 37.5 Å². The van der Waals surface area contributed by atoms with Gasteiger partial charge in [-0.1, -0.05) is 43.8 Å². The summed E-state index contributed by atoms with van der Waals surface area (Å²) >= 11 is 0. The molecule has 0 saturated carbocycles. The van der Waals surface area contributed by atoms with Gasteiger partial charge in [-0.2, -0.15) is 0 Å². The van der Waals surface area contributed by atoms with Crippen LogP contribution in [0.2, 0.25) is 0 Å². The Balaban J connectivity index is 1.85. The number of anilines is 1. The van der Waals surface area contributed by atoms with Gasteiger partial charge in [-0.05, 0) is 48.9 Å². The first-order chi connectivity index (χ1) is 10.6. The molecule has 1 N–H and O–H groups in total. The number of benzene rings is 2. The van der Waals surface area contributed by atoms with Gasteiger partial charge in [0, 0.05) is 17.5 Å². The molecular formula is C20H23NO. The van der Waals surface area contributed by atoms with Crippen LogP contribution in [0.3, 0.4) is 0 Å². The monoisotopic (exact) mass is 293 g/mol. The second kappa shape index (κ2) is 6.27. The molecule has 0 aliphatic heterocycles. The summed E-state index contributed by atoms with van der Waals surface area (Å²) in [4.78, 5) is 0. The first-order valence-corrected chi connectivity index (χ1v) is 7.90. The molecule has 0 saturated heterocycles. The Labute approximate surface area is 132 Å². The zero-order valence-electron chi connectivity index (χ0n) is 13.3. The number of aryl methyl sites for hydroxylation is 1. The largest absolute Gasteiger partial charge is 0.485 e. The Bertz CT molecular complexity index is 677. The third kappa shape index (κ3) is 3.16. The maximum absolute atomic E-state index is 6.35. The van der Waals surface area contributed by atoms with E-state index in [2.05, 4.69) is 43.1 Å². The fraction of sp³-hybridized carbons (Fsp3) is 0.300. The molecular weight excluding hydrogens is 270 g/mol. The van der Waals surface area contributed by atoms with Gasteiger partial charge in [0.25, 0.3) is 0 Å². The quantitative estimate of drug-likeness (QED) is 0.822. The van der Waals surface area contributed by atoms with Gasteiger partial charge < -0.3 is 10.1 Å². The van der Waals surface area contributed by atoms with Crippen LogP contribution in [0.4, 0.5) is 5.69 Å². The van der Waals surface area contributed by atoms with Crippen LogP contribution < -0.4 is 10.1 Å². The van der Waals surface area contributed by atoms with E-state index in [0.29, 0.717) is 5.92 Å². The molecule has 0 amide bonds. The Hall–Kier alpha value is -2.22. The molecule has 22 heavy (non-hydrogen) atoms. The van der Waals surface area contributed by atoms with Crippen LogP contribution in [0.5, 0.6) is 5.75 Å². The highest BCUT2D eigenvalue weighted by atomic mass is 16.5. The maximum atomic E-state index is 6.35. The molecule has 2 aromatic carbocycles. The number of nitrogens with one attached hydrogen (secondary N) is 1. The first kappa shape index (κ1) is 14.7. The number of hydrogen-bond acceptors (Lipinski definition) is 2. The smallest absolute Gasteiger partial charge is 0.127 e. The summed E-state index contributed by atoms with van der Waals surface area (Å²) in [6.07, 6.45) is 2.45. The minimum Gasteiger partial charge on any atom is -0.485 e. The fourth-order valence-corrected chi connectivity index (χ4v) is 3.10. The van der Waals surface area contributed by atoms with Gasteiger partial charge in [0.15, 0.2) is 0 Å². The minimum atomic E-state index is 0.130. The average Bonchev–Trinajstić information content (AvgIpc) is 2.50. The number of ether oxygens (including phenoxy) is 1. The zero-order valence-corrected chi connectivity index (χ0v) is 13.3. The van der Waals surface area contributed by atoms with Crippen molar-refractivity contribution >= 4 is 5.69 Å². The number of rotatable bonds is 4. The first-order valence-electron chi connectivity index (χ1n) is 7.90. The lowest BCUT2D eigenvalue weighted by atomic mass is 9.82. The molecule has 0 spiro atoms. The van der Waals surface area contributed by atoms with E-state index in [-0.39, 0.29) is 6.10 Å². The molecule has 2 atom stereocenters. The topological polar surface area (TPSA) is 21.3 Å². The molecule has 0 radical (unpaired) electrons. The Kier molecular flexibility index (Phi) is 4.19. The summed E-state index contributed by atoms with van der Waals surface area (Å²) in [6.45, 7) is 8.11. The normalized spacial score (nSPS) is 20.1. The number of fused-ring (bicyclic) bond motifs is 1. The van der Waals surface area contributed by atoms with Crippen LogP contribution in [0.15, 0.2) is 60.8 Å². The predicted octanol–water partition coefficient (Wildman–Crippen LogP) is 5.33. The van der Waals surface area contributed by atoms with E-state index in [1.165, 1.54) is 17.5 Å². The molecule has 0 aromatic heterocycles. The van der Waals surface area contributed by atoms with Crippen molar-refractivity contribution in [3.63, 3.8) is 0 Å². The standard InChI is InChI=1S/C20H23NO/c1-14(2)21-17-8-6-9-18(13-17)22-20-15(3)11-12-16-7-4-5-10-19(16)20/h4-10,13,15,20-21H,1,11-12H2,2-3H3/t15?,20-/m1/s1. The molecule has 0 fully saturated rings. The van der Waals surface area contributed by atoms with E-state index in [1.54, 1.807) is 0 Å². The lowest BCUT2D eigenvalue weighted by Crippen LogP contribution is -2.23. The van der Waals surface area contributed by atoms with Crippen molar-refractivity contribution < 1.29 is 4.74 Å². The van der Waals surface area contributed by atoms with Gasteiger partial charge in [0.05, 0.1) is 0 Å². The minimum absolute atomic E-state index is 0.130. The van der Waals surface area contributed by atoms with Crippen molar-refractivity contribution in [2.75, 3.05) is 5.32 Å². The summed E-state index contributed by atoms with van der Waals surface area (Å²) < 4.78 is 6.35. The lowest BCUT2D eigenvalue weighted by Gasteiger charge is -2.31. The van der Waals surface area contributed by atoms with Gasteiger partial charge >= 0.3 is 0 Å². The Morgan fingerprint density at radius 3 is 2.82 bits per heavy atom. The van der Waals surface area contributed by atoms with E-state index in [9.17, 15) is 0 Å². The maximum Gasteiger partial charge on any atom is 0.127 e. The zero-order chi connectivity index (χ0) is 15.5. The van der Waals surface area contributed by atoms with Crippen LogP contribution in [0.25, 0.3) is 0 Å². The van der Waals surface area contributed by atoms with E-state index in [1.807, 2.05) is 31.2 Å². The molecule has 2 nitrogen and oxygen atoms in total. The van der Waals surface area contributed by atoms with Crippen LogP contribution in [0, 0.1) is 5.92 Å². The molecule has 1 aliphatic carbocycles. The number of allylic oxidation sites excluding steroid dienone is 1. The van der Waals surface area contributed by atoms with Gasteiger partial charge in [-0.15, -0.1) is 0 Å². The highest BCUT2D eigenvalue weighted by molar-refractivity contribution is 5.51. The van der Waals surface area contributed by atoms with Crippen molar-refractivity contribution in [2.24, 2.45) is 5.92 Å². The summed E-state index contributed by atoms with van der Waals surface area (Å²) in [6, 6.07) is 16.7. The SMILES string of the molecule is C=C(C)Nc1cccc(O[C@H]2c3ccccc3CCC2C)c1. The highest BCUT2D eigenvalue weighted by Gasteiger charge is 2.27. The van der Waals surface area contributed by atoms with Gasteiger partial charge in [-0.25, -0.2) is 0 Å². The molecule has 0 bridgehead atoms. The van der Waals surface area contributed by atoms with Crippen molar-refractivity contribution in [3.05, 3.63) is 71.9 Å². The van der Waals surface area contributed by atoms with E-state index in [4.69, 9.17) is 4.74 Å². The van der Waals surface area contributed by atoms with Crippen LogP contribution in [-0.4, -0.2) is 0 Å². The summed E-state index contributed by atoms with van der Waals surface area (Å²) in [7, 11) is 0. The number of hydrogen-bond donors (Lipinski definition) is 1. The van der Waals surface area contributed by atoms with Crippen molar-refractivity contribution in [2.45, 2.75) is 32.8 Å². The molecule has 1 unspecified atom stereocenters. The highest BCUT2D eigenvalue weighted by Crippen LogP contribution is 2.37. The Morgan fingerprint density at radius 1 is 1.18 bits per heavy atom. The summed E-state index contributed by atoms with van der Waals surface area (Å²) in [5.74, 6) is 1.42. The lowest BCUT2D eigenvalue weighted by molar-refractivity contribution is 0.129. The molecule has 0 heterocycles. The van der Waals surface area contributed by atoms with Gasteiger partial charge in [-0.3, -0.25) is 0 Å². The van der Waals surface area contributed by atoms with Crippen molar-refractivity contribution in [1.29, 1.82) is 0 Å². The molecule has 114 valence electrons. The predicted molar refractivity (Wildman–Crippen MR) is 92.2 cm³/mol. The third-order valence-corrected chi connectivity index (χ3v) is 4.20. The van der Waals surface area contributed by atoms with Gasteiger partial charge in [0.1, 0.15) is 11.9 Å². The van der Waals surface area contributed by atoms with Gasteiger partial charge in [0.2, 0.25) is 0 Å². The van der Waals surface area contributed by atoms with Crippen molar-refractivity contribution in [3.8, 4) is 5.75 Å².